The summed E-state index contributed by atoms with van der Waals surface area (Å²) in [5.74, 6) is 2.82. The number of rotatable bonds is 21. The van der Waals surface area contributed by atoms with E-state index in [0.29, 0.717) is 26.1 Å². The van der Waals surface area contributed by atoms with E-state index in [-0.39, 0.29) is 17.5 Å². The van der Waals surface area contributed by atoms with Crippen LogP contribution in [0, 0.1) is 0 Å². The van der Waals surface area contributed by atoms with Crippen molar-refractivity contribution in [3.63, 3.8) is 0 Å². The van der Waals surface area contributed by atoms with Crippen molar-refractivity contribution in [2.24, 2.45) is 0 Å². The molecule has 6 rings (SSSR count). The summed E-state index contributed by atoms with van der Waals surface area (Å²) in [5.41, 5.74) is 2.36. The molecule has 0 spiro atoms. The van der Waals surface area contributed by atoms with Gasteiger partial charge in [-0.3, -0.25) is 9.59 Å². The number of carbonyl (C=O) groups is 2. The number of carbonyl (C=O) groups excluding carboxylic acids is 2. The van der Waals surface area contributed by atoms with Crippen LogP contribution < -0.4 is 14.2 Å². The molecule has 0 radical (unpaired) electrons. The maximum absolute atomic E-state index is 12.3. The topological polar surface area (TPSA) is 80.3 Å². The van der Waals surface area contributed by atoms with Crippen LogP contribution in [0.15, 0.2) is 153 Å². The molecular weight excluding hydrogens is 773 g/mol. The average molecular weight is 835 g/mol. The summed E-state index contributed by atoms with van der Waals surface area (Å²) in [6, 6.07) is 44.0. The number of para-hydroxylation sites is 1. The van der Waals surface area contributed by atoms with E-state index in [2.05, 4.69) is 110 Å². The third kappa shape index (κ3) is 10.6. The Morgan fingerprint density at radius 2 is 1.02 bits per heavy atom. The van der Waals surface area contributed by atoms with E-state index in [4.69, 9.17) is 23.7 Å². The van der Waals surface area contributed by atoms with Gasteiger partial charge in [0, 0.05) is 24.2 Å². The van der Waals surface area contributed by atoms with Crippen LogP contribution in [0.4, 0.5) is 0 Å². The Labute approximate surface area is 368 Å². The predicted molar refractivity (Wildman–Crippen MR) is 248 cm³/mol. The molecule has 0 N–H and O–H groups in total. The molecule has 1 aliphatic carbocycles. The maximum atomic E-state index is 12.3. The first-order chi connectivity index (χ1) is 29.4. The van der Waals surface area contributed by atoms with Gasteiger partial charge in [0.25, 0.3) is 0 Å². The lowest BCUT2D eigenvalue weighted by atomic mass is 9.69. The fourth-order valence-corrected chi connectivity index (χ4v) is 8.22. The summed E-state index contributed by atoms with van der Waals surface area (Å²) in [5, 5.41) is 0. The van der Waals surface area contributed by atoms with Gasteiger partial charge in [0.2, 0.25) is 0 Å². The summed E-state index contributed by atoms with van der Waals surface area (Å²) in [7, 11) is 0. The lowest BCUT2D eigenvalue weighted by Crippen LogP contribution is -2.37. The first-order valence-corrected chi connectivity index (χ1v) is 21.5. The predicted octanol–water partition coefficient (Wildman–Crippen LogP) is 12.5. The largest absolute Gasteiger partial charge is 0.488 e. The molecule has 7 heteroatoms. The van der Waals surface area contributed by atoms with Crippen molar-refractivity contribution in [1.29, 1.82) is 0 Å². The van der Waals surface area contributed by atoms with Gasteiger partial charge in [-0.2, -0.15) is 0 Å². The van der Waals surface area contributed by atoms with Crippen LogP contribution in [0.1, 0.15) is 108 Å². The van der Waals surface area contributed by atoms with Crippen molar-refractivity contribution in [3.05, 3.63) is 181 Å². The van der Waals surface area contributed by atoms with Gasteiger partial charge in [-0.15, -0.1) is 0 Å². The summed E-state index contributed by atoms with van der Waals surface area (Å²) < 4.78 is 31.5. The summed E-state index contributed by atoms with van der Waals surface area (Å²) >= 11 is 0. The van der Waals surface area contributed by atoms with Crippen molar-refractivity contribution in [2.75, 3.05) is 13.2 Å². The molecule has 1 unspecified atom stereocenters. The number of hydrogen-bond donors (Lipinski definition) is 0. The van der Waals surface area contributed by atoms with Crippen LogP contribution in [0.2, 0.25) is 0 Å². The highest BCUT2D eigenvalue weighted by Gasteiger charge is 2.47. The lowest BCUT2D eigenvalue weighted by molar-refractivity contribution is -0.136. The molecule has 1 aliphatic rings. The molecule has 0 bridgehead atoms. The van der Waals surface area contributed by atoms with E-state index >= 15 is 0 Å². The molecule has 5 aromatic rings. The molecule has 0 saturated carbocycles. The third-order valence-electron chi connectivity index (χ3n) is 11.9. The highest BCUT2D eigenvalue weighted by molar-refractivity contribution is 5.96. The zero-order chi connectivity index (χ0) is 44.8. The smallest absolute Gasteiger partial charge is 0.186 e. The number of ether oxygens (including phenoxy) is 5. The SMILES string of the molecule is C=CC(=O)C(C)(C)OCCC(C)(C)Oc1ccc(C2(c3ccc(OC(C)(C)CCOC(C)(C)C(=O)C=C)cc3)CC(c3ccccc3)c3cc(Oc4ccccc4)ccc32)cc1. The molecule has 0 amide bonds. The zero-order valence-electron chi connectivity index (χ0n) is 37.7. The van der Waals surface area contributed by atoms with Crippen LogP contribution >= 0.6 is 0 Å². The molecule has 5 aromatic carbocycles. The van der Waals surface area contributed by atoms with Gasteiger partial charge in [-0.1, -0.05) is 92.0 Å². The highest BCUT2D eigenvalue weighted by Crippen LogP contribution is 2.57. The van der Waals surface area contributed by atoms with Crippen LogP contribution in [0.5, 0.6) is 23.0 Å². The molecule has 0 aliphatic heterocycles. The monoisotopic (exact) mass is 834 g/mol. The van der Waals surface area contributed by atoms with Crippen molar-refractivity contribution < 1.29 is 33.3 Å². The fourth-order valence-electron chi connectivity index (χ4n) is 8.22. The Bertz CT molecular complexity index is 2230. The van der Waals surface area contributed by atoms with E-state index in [1.54, 1.807) is 27.7 Å². The first kappa shape index (κ1) is 45.8. The van der Waals surface area contributed by atoms with Crippen molar-refractivity contribution in [2.45, 2.75) is 108 Å². The molecule has 0 heterocycles. The number of ketones is 2. The molecule has 0 saturated heterocycles. The minimum Gasteiger partial charge on any atom is -0.488 e. The minimum absolute atomic E-state index is 0.0738. The summed E-state index contributed by atoms with van der Waals surface area (Å²) in [6.07, 6.45) is 4.55. The molecule has 324 valence electrons. The molecule has 0 aromatic heterocycles. The minimum atomic E-state index is -0.946. The second-order valence-corrected chi connectivity index (χ2v) is 18.4. The number of fused-ring (bicyclic) bond motifs is 1. The fraction of sp³-hybridized carbons (Fsp3) is 0.345. The lowest BCUT2D eigenvalue weighted by Gasteiger charge is -2.34. The van der Waals surface area contributed by atoms with E-state index in [0.717, 1.165) is 40.5 Å². The van der Waals surface area contributed by atoms with Crippen LogP contribution in [-0.2, 0) is 24.5 Å². The quantitative estimate of drug-likeness (QED) is 0.0681. The van der Waals surface area contributed by atoms with Crippen LogP contribution in [-0.4, -0.2) is 47.2 Å². The van der Waals surface area contributed by atoms with E-state index in [9.17, 15) is 9.59 Å². The zero-order valence-corrected chi connectivity index (χ0v) is 37.7. The standard InChI is InChI=1S/C55H62O7/c1-11-49(56)53(7,8)58-35-33-51(3,4)61-43-27-23-40(24-28-43)55(41-25-29-44(30-26-41)62-52(5,6)34-36-59-54(9,10)50(57)12-2)38-47(39-19-15-13-16-20-39)46-37-45(31-32-48(46)55)60-42-21-17-14-18-22-42/h11-32,37,47H,1-2,33-36,38H2,3-10H3. The second kappa shape index (κ2) is 18.7. The van der Waals surface area contributed by atoms with Gasteiger partial charge in [0.05, 0.1) is 13.2 Å². The molecule has 1 atom stereocenters. The summed E-state index contributed by atoms with van der Waals surface area (Å²) in [4.78, 5) is 24.6. The summed E-state index contributed by atoms with van der Waals surface area (Å²) in [6.45, 7) is 23.1. The Balaban J connectivity index is 1.34. The van der Waals surface area contributed by atoms with Crippen molar-refractivity contribution in [1.82, 2.24) is 0 Å². The molecule has 0 fully saturated rings. The van der Waals surface area contributed by atoms with Gasteiger partial charge in [-0.05, 0) is 150 Å². The van der Waals surface area contributed by atoms with Gasteiger partial charge < -0.3 is 23.7 Å². The van der Waals surface area contributed by atoms with Crippen molar-refractivity contribution >= 4 is 11.6 Å². The third-order valence-corrected chi connectivity index (χ3v) is 11.9. The normalized spacial score (nSPS) is 15.0. The number of benzene rings is 5. The highest BCUT2D eigenvalue weighted by atomic mass is 16.5. The number of hydrogen-bond acceptors (Lipinski definition) is 7. The molecular formula is C55H62O7. The van der Waals surface area contributed by atoms with Gasteiger partial charge in [0.1, 0.15) is 45.4 Å². The van der Waals surface area contributed by atoms with Crippen LogP contribution in [0.3, 0.4) is 0 Å². The Hall–Kier alpha value is -5.76. The van der Waals surface area contributed by atoms with E-state index in [1.807, 2.05) is 58.0 Å². The van der Waals surface area contributed by atoms with Gasteiger partial charge in [0.15, 0.2) is 11.6 Å². The van der Waals surface area contributed by atoms with E-state index in [1.165, 1.54) is 28.8 Å². The maximum Gasteiger partial charge on any atom is 0.186 e. The average Bonchev–Trinajstić information content (AvgIpc) is 3.59. The molecule has 7 nitrogen and oxygen atoms in total. The molecule has 62 heavy (non-hydrogen) atoms. The van der Waals surface area contributed by atoms with Gasteiger partial charge in [-0.25, -0.2) is 0 Å². The first-order valence-electron chi connectivity index (χ1n) is 21.5. The van der Waals surface area contributed by atoms with Crippen molar-refractivity contribution in [3.8, 4) is 23.0 Å². The van der Waals surface area contributed by atoms with Gasteiger partial charge >= 0.3 is 0 Å². The Morgan fingerprint density at radius 1 is 0.581 bits per heavy atom. The Morgan fingerprint density at radius 3 is 1.47 bits per heavy atom. The van der Waals surface area contributed by atoms with E-state index < -0.39 is 27.8 Å². The Kier molecular flexibility index (Phi) is 13.8. The van der Waals surface area contributed by atoms with Crippen LogP contribution in [0.25, 0.3) is 0 Å². The second-order valence-electron chi connectivity index (χ2n) is 18.4.